The van der Waals surface area contributed by atoms with Gasteiger partial charge in [0.25, 0.3) is 5.56 Å². The van der Waals surface area contributed by atoms with Crippen molar-refractivity contribution in [1.29, 1.82) is 0 Å². The highest BCUT2D eigenvalue weighted by Crippen LogP contribution is 2.16. The van der Waals surface area contributed by atoms with Crippen LogP contribution in [0.5, 0.6) is 0 Å². The number of aryl methyl sites for hydroxylation is 1. The van der Waals surface area contributed by atoms with E-state index in [1.54, 1.807) is 15.5 Å². The molecule has 0 spiro atoms. The highest BCUT2D eigenvalue weighted by atomic mass is 16.5. The number of ether oxygens (including phenoxy) is 1. The summed E-state index contributed by atoms with van der Waals surface area (Å²) >= 11 is 0. The van der Waals surface area contributed by atoms with Crippen molar-refractivity contribution in [3.05, 3.63) is 16.7 Å². The number of fused-ring (bicyclic) bond motifs is 1. The van der Waals surface area contributed by atoms with Crippen LogP contribution in [-0.2, 0) is 11.8 Å². The molecule has 7 nitrogen and oxygen atoms in total. The zero-order valence-electron chi connectivity index (χ0n) is 11.3. The molecule has 0 atom stereocenters. The first kappa shape index (κ1) is 12.2. The summed E-state index contributed by atoms with van der Waals surface area (Å²) in [5.41, 5.74) is 0.944. The van der Waals surface area contributed by atoms with Gasteiger partial charge in [0.05, 0.1) is 19.3 Å². The quantitative estimate of drug-likeness (QED) is 0.874. The van der Waals surface area contributed by atoms with Crippen LogP contribution in [0.25, 0.3) is 11.2 Å². The Hall–Kier alpha value is -1.89. The van der Waals surface area contributed by atoms with Crippen molar-refractivity contribution >= 4 is 17.1 Å². The van der Waals surface area contributed by atoms with Crippen molar-refractivity contribution < 1.29 is 4.74 Å². The molecule has 1 aliphatic heterocycles. The Labute approximate surface area is 110 Å². The molecule has 0 aliphatic carbocycles. The minimum atomic E-state index is -0.0621. The van der Waals surface area contributed by atoms with Gasteiger partial charge in [0, 0.05) is 13.1 Å². The molecule has 1 aliphatic rings. The van der Waals surface area contributed by atoms with Crippen molar-refractivity contribution in [1.82, 2.24) is 19.1 Å². The lowest BCUT2D eigenvalue weighted by atomic mass is 10.3. The lowest BCUT2D eigenvalue weighted by Crippen LogP contribution is -2.41. The van der Waals surface area contributed by atoms with E-state index in [9.17, 15) is 4.79 Å². The van der Waals surface area contributed by atoms with E-state index in [0.29, 0.717) is 30.3 Å². The molecule has 0 amide bonds. The standard InChI is InChI=1S/C12H17N5O2/c1-7(2)17-6-13-10-9(11(17)18)16(3)12(15-10)14-8-4-19-5-8/h6-8H,4-5H2,1-3H3,(H,14,15). The topological polar surface area (TPSA) is 74.0 Å². The summed E-state index contributed by atoms with van der Waals surface area (Å²) in [6, 6.07) is 0.346. The highest BCUT2D eigenvalue weighted by molar-refractivity contribution is 5.73. The maximum Gasteiger partial charge on any atom is 0.279 e. The highest BCUT2D eigenvalue weighted by Gasteiger charge is 2.22. The second kappa shape index (κ2) is 4.34. The number of imidazole rings is 1. The molecule has 0 bridgehead atoms. The zero-order chi connectivity index (χ0) is 13.6. The van der Waals surface area contributed by atoms with Crippen LogP contribution in [0.2, 0.25) is 0 Å². The van der Waals surface area contributed by atoms with E-state index in [-0.39, 0.29) is 17.6 Å². The van der Waals surface area contributed by atoms with Crippen molar-refractivity contribution in [2.45, 2.75) is 25.9 Å². The van der Waals surface area contributed by atoms with Crippen LogP contribution in [0.1, 0.15) is 19.9 Å². The van der Waals surface area contributed by atoms with Crippen LogP contribution in [0, 0.1) is 0 Å². The Morgan fingerprint density at radius 1 is 1.47 bits per heavy atom. The van der Waals surface area contributed by atoms with Crippen molar-refractivity contribution in [2.24, 2.45) is 7.05 Å². The van der Waals surface area contributed by atoms with Gasteiger partial charge >= 0.3 is 0 Å². The van der Waals surface area contributed by atoms with Crippen LogP contribution in [0.4, 0.5) is 5.95 Å². The number of hydrogen-bond donors (Lipinski definition) is 1. The monoisotopic (exact) mass is 263 g/mol. The molecular weight excluding hydrogens is 246 g/mol. The lowest BCUT2D eigenvalue weighted by molar-refractivity contribution is 0.0207. The first-order valence-corrected chi connectivity index (χ1v) is 6.35. The third-order valence-electron chi connectivity index (χ3n) is 3.35. The van der Waals surface area contributed by atoms with Gasteiger partial charge in [0.2, 0.25) is 5.95 Å². The molecule has 0 aromatic carbocycles. The van der Waals surface area contributed by atoms with Gasteiger partial charge in [-0.1, -0.05) is 0 Å². The molecule has 2 aromatic rings. The Balaban J connectivity index is 2.10. The number of hydrogen-bond acceptors (Lipinski definition) is 5. The third kappa shape index (κ3) is 1.90. The fourth-order valence-corrected chi connectivity index (χ4v) is 2.10. The van der Waals surface area contributed by atoms with Crippen molar-refractivity contribution in [3.8, 4) is 0 Å². The molecule has 1 saturated heterocycles. The van der Waals surface area contributed by atoms with E-state index in [1.807, 2.05) is 20.9 Å². The molecule has 3 heterocycles. The maximum absolute atomic E-state index is 12.4. The molecular formula is C12H17N5O2. The minimum Gasteiger partial charge on any atom is -0.377 e. The second-order valence-electron chi connectivity index (χ2n) is 5.10. The molecule has 7 heteroatoms. The predicted octanol–water partition coefficient (Wildman–Crippen LogP) is 0.522. The number of rotatable bonds is 3. The molecule has 19 heavy (non-hydrogen) atoms. The van der Waals surface area contributed by atoms with Gasteiger partial charge in [0.15, 0.2) is 11.2 Å². The van der Waals surface area contributed by atoms with E-state index < -0.39 is 0 Å². The Bertz CT molecular complexity index is 669. The fourth-order valence-electron chi connectivity index (χ4n) is 2.10. The SMILES string of the molecule is CC(C)n1cnc2nc(NC3COC3)n(C)c2c1=O. The first-order valence-electron chi connectivity index (χ1n) is 6.35. The minimum absolute atomic E-state index is 0.0621. The van der Waals surface area contributed by atoms with Crippen molar-refractivity contribution in [3.63, 3.8) is 0 Å². The Kier molecular flexibility index (Phi) is 2.78. The molecule has 0 unspecified atom stereocenters. The number of nitrogens with zero attached hydrogens (tertiary/aromatic N) is 4. The Morgan fingerprint density at radius 3 is 2.79 bits per heavy atom. The third-order valence-corrected chi connectivity index (χ3v) is 3.35. The predicted molar refractivity (Wildman–Crippen MR) is 71.4 cm³/mol. The summed E-state index contributed by atoms with van der Waals surface area (Å²) in [7, 11) is 1.82. The summed E-state index contributed by atoms with van der Waals surface area (Å²) in [6.07, 6.45) is 1.55. The normalized spacial score (nSPS) is 16.0. The summed E-state index contributed by atoms with van der Waals surface area (Å²) in [6.45, 7) is 5.26. The Morgan fingerprint density at radius 2 is 2.21 bits per heavy atom. The van der Waals surface area contributed by atoms with Crippen LogP contribution in [0.3, 0.4) is 0 Å². The maximum atomic E-state index is 12.4. The molecule has 3 rings (SSSR count). The smallest absolute Gasteiger partial charge is 0.279 e. The molecule has 0 radical (unpaired) electrons. The van der Waals surface area contributed by atoms with E-state index >= 15 is 0 Å². The molecule has 0 saturated carbocycles. The van der Waals surface area contributed by atoms with Gasteiger partial charge in [-0.25, -0.2) is 4.98 Å². The first-order chi connectivity index (χ1) is 9.08. The van der Waals surface area contributed by atoms with Crippen LogP contribution in [-0.4, -0.2) is 38.4 Å². The average molecular weight is 263 g/mol. The summed E-state index contributed by atoms with van der Waals surface area (Å²) < 4.78 is 8.49. The number of aromatic nitrogens is 4. The van der Waals surface area contributed by atoms with Crippen LogP contribution in [0.15, 0.2) is 11.1 Å². The van der Waals surface area contributed by atoms with Gasteiger partial charge in [-0.3, -0.25) is 9.36 Å². The van der Waals surface area contributed by atoms with Crippen molar-refractivity contribution in [2.75, 3.05) is 18.5 Å². The van der Waals surface area contributed by atoms with Gasteiger partial charge < -0.3 is 14.6 Å². The summed E-state index contributed by atoms with van der Waals surface area (Å²) in [5.74, 6) is 0.661. The van der Waals surface area contributed by atoms with E-state index in [0.717, 1.165) is 0 Å². The largest absolute Gasteiger partial charge is 0.377 e. The molecule has 102 valence electrons. The second-order valence-corrected chi connectivity index (χ2v) is 5.10. The van der Waals surface area contributed by atoms with Gasteiger partial charge in [0.1, 0.15) is 6.33 Å². The van der Waals surface area contributed by atoms with Crippen LogP contribution >= 0.6 is 0 Å². The van der Waals surface area contributed by atoms with E-state index in [1.165, 1.54) is 0 Å². The zero-order valence-corrected chi connectivity index (χ0v) is 11.3. The lowest BCUT2D eigenvalue weighted by Gasteiger charge is -2.27. The van der Waals surface area contributed by atoms with E-state index in [4.69, 9.17) is 4.74 Å². The molecule has 1 N–H and O–H groups in total. The number of nitrogens with one attached hydrogen (secondary N) is 1. The van der Waals surface area contributed by atoms with Crippen LogP contribution < -0.4 is 10.9 Å². The van der Waals surface area contributed by atoms with Gasteiger partial charge in [-0.05, 0) is 13.8 Å². The van der Waals surface area contributed by atoms with E-state index in [2.05, 4.69) is 15.3 Å². The fraction of sp³-hybridized carbons (Fsp3) is 0.583. The average Bonchev–Trinajstić information content (AvgIpc) is 2.61. The number of anilines is 1. The summed E-state index contributed by atoms with van der Waals surface area (Å²) in [4.78, 5) is 21.0. The molecule has 2 aromatic heterocycles. The van der Waals surface area contributed by atoms with Gasteiger partial charge in [-0.15, -0.1) is 0 Å². The van der Waals surface area contributed by atoms with Gasteiger partial charge in [-0.2, -0.15) is 4.98 Å². The molecule has 1 fully saturated rings. The summed E-state index contributed by atoms with van der Waals surface area (Å²) in [5, 5.41) is 3.25.